The molecule has 1 aliphatic carbocycles. The SMILES string of the molecule is CC1(C=O)C=CC=c2c(ccn2C(=O)OC(C)(C)C)=C1. The molecule has 0 bridgehead atoms. The minimum atomic E-state index is -0.651. The lowest BCUT2D eigenvalue weighted by Crippen LogP contribution is -2.36. The molecule has 0 saturated heterocycles. The van der Waals surface area contributed by atoms with Crippen molar-refractivity contribution in [2.75, 3.05) is 0 Å². The van der Waals surface area contributed by atoms with E-state index in [-0.39, 0.29) is 0 Å². The van der Waals surface area contributed by atoms with E-state index in [1.807, 2.05) is 45.9 Å². The molecular formula is C16H19NO3. The number of allylic oxidation sites excluding steroid dienone is 2. The molecule has 0 amide bonds. The van der Waals surface area contributed by atoms with E-state index >= 15 is 0 Å². The van der Waals surface area contributed by atoms with Gasteiger partial charge in [-0.1, -0.05) is 18.2 Å². The number of hydrogen-bond donors (Lipinski definition) is 0. The van der Waals surface area contributed by atoms with E-state index in [1.165, 1.54) is 4.57 Å². The van der Waals surface area contributed by atoms with Gasteiger partial charge in [0.05, 0.1) is 10.8 Å². The number of carbonyl (C=O) groups excluding carboxylic acids is 2. The molecule has 106 valence electrons. The monoisotopic (exact) mass is 273 g/mol. The van der Waals surface area contributed by atoms with E-state index in [9.17, 15) is 9.59 Å². The standard InChI is InChI=1S/C16H19NO3/c1-15(2,3)20-14(19)17-9-7-12-10-16(4,11-18)8-5-6-13(12)17/h5-11H,1-4H3. The number of carbonyl (C=O) groups is 2. The molecule has 0 fully saturated rings. The first-order valence-corrected chi connectivity index (χ1v) is 6.54. The largest absolute Gasteiger partial charge is 0.443 e. The highest BCUT2D eigenvalue weighted by Gasteiger charge is 2.21. The van der Waals surface area contributed by atoms with Gasteiger partial charge in [-0.25, -0.2) is 4.79 Å². The Hall–Kier alpha value is -2.10. The van der Waals surface area contributed by atoms with Crippen molar-refractivity contribution in [2.45, 2.75) is 33.3 Å². The summed E-state index contributed by atoms with van der Waals surface area (Å²) in [5.74, 6) is 0. The number of aldehydes is 1. The molecule has 0 aromatic carbocycles. The van der Waals surface area contributed by atoms with Gasteiger partial charge in [0, 0.05) is 6.20 Å². The fraction of sp³-hybridized carbons (Fsp3) is 0.375. The van der Waals surface area contributed by atoms with Crippen LogP contribution in [0, 0.1) is 5.41 Å². The van der Waals surface area contributed by atoms with Crippen LogP contribution in [0.3, 0.4) is 0 Å². The molecule has 0 N–H and O–H groups in total. The molecule has 1 unspecified atom stereocenters. The lowest BCUT2D eigenvalue weighted by molar-refractivity contribution is -0.111. The van der Waals surface area contributed by atoms with Gasteiger partial charge >= 0.3 is 6.09 Å². The zero-order valence-corrected chi connectivity index (χ0v) is 12.2. The average molecular weight is 273 g/mol. The summed E-state index contributed by atoms with van der Waals surface area (Å²) >= 11 is 0. The maximum atomic E-state index is 12.1. The van der Waals surface area contributed by atoms with Crippen molar-refractivity contribution in [3.8, 4) is 0 Å². The van der Waals surface area contributed by atoms with Crippen molar-refractivity contribution in [2.24, 2.45) is 5.41 Å². The normalized spacial score (nSPS) is 21.2. The van der Waals surface area contributed by atoms with Gasteiger partial charge in [-0.15, -0.1) is 0 Å². The molecule has 20 heavy (non-hydrogen) atoms. The maximum Gasteiger partial charge on any atom is 0.418 e. The van der Waals surface area contributed by atoms with Crippen LogP contribution in [0.25, 0.3) is 12.2 Å². The molecule has 0 saturated carbocycles. The Morgan fingerprint density at radius 3 is 2.70 bits per heavy atom. The Kier molecular flexibility index (Phi) is 3.42. The molecule has 1 atom stereocenters. The van der Waals surface area contributed by atoms with Crippen molar-refractivity contribution in [3.63, 3.8) is 0 Å². The topological polar surface area (TPSA) is 48.3 Å². The number of fused-ring (bicyclic) bond motifs is 1. The molecule has 1 aromatic rings. The van der Waals surface area contributed by atoms with E-state index in [4.69, 9.17) is 4.74 Å². The molecule has 0 radical (unpaired) electrons. The third-order valence-corrected chi connectivity index (χ3v) is 2.98. The van der Waals surface area contributed by atoms with Crippen LogP contribution in [-0.4, -0.2) is 22.5 Å². The quantitative estimate of drug-likeness (QED) is 0.730. The summed E-state index contributed by atoms with van der Waals surface area (Å²) in [5.41, 5.74) is -1.20. The van der Waals surface area contributed by atoms with Crippen LogP contribution in [0.5, 0.6) is 0 Å². The van der Waals surface area contributed by atoms with Gasteiger partial charge in [-0.2, -0.15) is 0 Å². The van der Waals surface area contributed by atoms with Gasteiger partial charge in [0.2, 0.25) is 0 Å². The molecule has 1 aromatic heterocycles. The molecule has 1 heterocycles. The first kappa shape index (κ1) is 14.3. The van der Waals surface area contributed by atoms with Crippen LogP contribution in [0.4, 0.5) is 4.79 Å². The predicted octanol–water partition coefficient (Wildman–Crippen LogP) is 1.61. The summed E-state index contributed by atoms with van der Waals surface area (Å²) in [4.78, 5) is 23.3. The van der Waals surface area contributed by atoms with Crippen molar-refractivity contribution in [3.05, 3.63) is 35.0 Å². The number of nitrogens with zero attached hydrogens (tertiary/aromatic N) is 1. The van der Waals surface area contributed by atoms with Crippen LogP contribution in [0.15, 0.2) is 24.4 Å². The molecule has 4 heteroatoms. The Bertz CT molecular complexity index is 688. The maximum absolute atomic E-state index is 12.1. The Morgan fingerprint density at radius 1 is 1.40 bits per heavy atom. The molecular weight excluding hydrogens is 254 g/mol. The molecule has 0 spiro atoms. The fourth-order valence-electron chi connectivity index (χ4n) is 2.03. The third kappa shape index (κ3) is 2.90. The zero-order valence-electron chi connectivity index (χ0n) is 12.2. The second-order valence-electron chi connectivity index (χ2n) is 6.16. The lowest BCUT2D eigenvalue weighted by Gasteiger charge is -2.19. The van der Waals surface area contributed by atoms with Crippen LogP contribution in [0.2, 0.25) is 0 Å². The summed E-state index contributed by atoms with van der Waals surface area (Å²) in [6.07, 6.45) is 9.37. The first-order valence-electron chi connectivity index (χ1n) is 6.54. The van der Waals surface area contributed by atoms with Gasteiger partial charge in [0.15, 0.2) is 0 Å². The highest BCUT2D eigenvalue weighted by molar-refractivity contribution is 5.76. The average Bonchev–Trinajstić information content (AvgIpc) is 2.62. The predicted molar refractivity (Wildman–Crippen MR) is 77.6 cm³/mol. The van der Waals surface area contributed by atoms with Crippen LogP contribution < -0.4 is 10.6 Å². The summed E-state index contributed by atoms with van der Waals surface area (Å²) < 4.78 is 6.82. The summed E-state index contributed by atoms with van der Waals surface area (Å²) in [5, 5.41) is 1.57. The van der Waals surface area contributed by atoms with Gasteiger partial charge in [0.25, 0.3) is 0 Å². The number of rotatable bonds is 1. The molecule has 1 aliphatic rings. The Balaban J connectivity index is 2.51. The smallest absolute Gasteiger partial charge is 0.418 e. The van der Waals surface area contributed by atoms with Crippen LogP contribution in [-0.2, 0) is 9.53 Å². The summed E-state index contributed by atoms with van der Waals surface area (Å²) in [6, 6.07) is 1.81. The van der Waals surface area contributed by atoms with Gasteiger partial charge in [-0.3, -0.25) is 4.57 Å². The van der Waals surface area contributed by atoms with E-state index in [0.717, 1.165) is 16.9 Å². The summed E-state index contributed by atoms with van der Waals surface area (Å²) in [6.45, 7) is 7.30. The number of hydrogen-bond acceptors (Lipinski definition) is 3. The van der Waals surface area contributed by atoms with Gasteiger partial charge in [-0.05, 0) is 45.1 Å². The summed E-state index contributed by atoms with van der Waals surface area (Å²) in [7, 11) is 0. The van der Waals surface area contributed by atoms with E-state index in [2.05, 4.69) is 0 Å². The minimum absolute atomic E-state index is 0.425. The highest BCUT2D eigenvalue weighted by Crippen LogP contribution is 2.17. The van der Waals surface area contributed by atoms with Crippen molar-refractivity contribution in [1.29, 1.82) is 0 Å². The molecule has 2 rings (SSSR count). The Labute approximate surface area is 118 Å². The van der Waals surface area contributed by atoms with Crippen molar-refractivity contribution in [1.82, 2.24) is 4.57 Å². The number of aromatic nitrogens is 1. The molecule has 4 nitrogen and oxygen atoms in total. The first-order chi connectivity index (χ1) is 9.24. The van der Waals surface area contributed by atoms with Crippen LogP contribution in [0.1, 0.15) is 27.7 Å². The van der Waals surface area contributed by atoms with Crippen molar-refractivity contribution >= 4 is 24.5 Å². The minimum Gasteiger partial charge on any atom is -0.443 e. The fourth-order valence-corrected chi connectivity index (χ4v) is 2.03. The lowest BCUT2D eigenvalue weighted by atomic mass is 9.92. The molecule has 0 aliphatic heterocycles. The van der Waals surface area contributed by atoms with Crippen LogP contribution >= 0.6 is 0 Å². The van der Waals surface area contributed by atoms with E-state index in [0.29, 0.717) is 0 Å². The van der Waals surface area contributed by atoms with Gasteiger partial charge < -0.3 is 9.53 Å². The third-order valence-electron chi connectivity index (χ3n) is 2.98. The Morgan fingerprint density at radius 2 is 2.10 bits per heavy atom. The number of ether oxygens (including phenoxy) is 1. The highest BCUT2D eigenvalue weighted by atomic mass is 16.6. The second kappa shape index (κ2) is 4.78. The second-order valence-corrected chi connectivity index (χ2v) is 6.16. The van der Waals surface area contributed by atoms with Gasteiger partial charge in [0.1, 0.15) is 11.9 Å². The zero-order chi connectivity index (χ0) is 15.0. The van der Waals surface area contributed by atoms with E-state index in [1.54, 1.807) is 18.3 Å². The van der Waals surface area contributed by atoms with Crippen molar-refractivity contribution < 1.29 is 14.3 Å². The van der Waals surface area contributed by atoms with E-state index < -0.39 is 17.1 Å².